The minimum Gasteiger partial charge on any atom is -0.350 e. The quantitative estimate of drug-likeness (QED) is 0.893. The Morgan fingerprint density at radius 3 is 2.77 bits per heavy atom. The smallest absolute Gasteiger partial charge is 0.253 e. The second kappa shape index (κ2) is 6.23. The second-order valence-electron chi connectivity index (χ2n) is 7.28. The number of piperidine rings is 1. The molecule has 1 atom stereocenters. The van der Waals surface area contributed by atoms with Gasteiger partial charge >= 0.3 is 0 Å². The molecule has 2 fully saturated rings. The highest BCUT2D eigenvalue weighted by atomic mass is 19.1. The van der Waals surface area contributed by atoms with Crippen molar-refractivity contribution in [3.8, 4) is 0 Å². The van der Waals surface area contributed by atoms with Gasteiger partial charge in [0.2, 0.25) is 5.91 Å². The number of amides is 2. The average molecular weight is 356 g/mol. The lowest BCUT2D eigenvalue weighted by Gasteiger charge is -2.39. The van der Waals surface area contributed by atoms with Crippen molar-refractivity contribution in [1.82, 2.24) is 20.0 Å². The first-order valence-corrected chi connectivity index (χ1v) is 8.81. The third kappa shape index (κ3) is 2.98. The normalized spacial score (nSPS) is 21.8. The molecule has 1 aromatic heterocycles. The number of rotatable bonds is 2. The lowest BCUT2D eigenvalue weighted by Crippen LogP contribution is -2.52. The Kier molecular flexibility index (Phi) is 4.01. The lowest BCUT2D eigenvalue weighted by molar-refractivity contribution is -0.121. The van der Waals surface area contributed by atoms with Gasteiger partial charge in [0.05, 0.1) is 12.1 Å². The van der Waals surface area contributed by atoms with Gasteiger partial charge in [0, 0.05) is 43.0 Å². The predicted octanol–water partition coefficient (Wildman–Crippen LogP) is 1.84. The number of benzene rings is 1. The fourth-order valence-corrected chi connectivity index (χ4v) is 4.04. The van der Waals surface area contributed by atoms with E-state index in [-0.39, 0.29) is 23.3 Å². The molecule has 0 unspecified atom stereocenters. The lowest BCUT2D eigenvalue weighted by atomic mass is 9.82. The van der Waals surface area contributed by atoms with Crippen molar-refractivity contribution in [2.75, 3.05) is 13.1 Å². The summed E-state index contributed by atoms with van der Waals surface area (Å²) in [7, 11) is 1.84. The van der Waals surface area contributed by atoms with Gasteiger partial charge in [0.15, 0.2) is 0 Å². The molecule has 7 heteroatoms. The molecular formula is C19H21FN4O2. The zero-order valence-corrected chi connectivity index (χ0v) is 14.6. The van der Waals surface area contributed by atoms with Gasteiger partial charge in [-0.2, -0.15) is 5.10 Å². The molecule has 1 N–H and O–H groups in total. The van der Waals surface area contributed by atoms with E-state index < -0.39 is 5.82 Å². The Morgan fingerprint density at radius 1 is 1.35 bits per heavy atom. The van der Waals surface area contributed by atoms with E-state index in [1.54, 1.807) is 27.9 Å². The minimum atomic E-state index is -0.410. The summed E-state index contributed by atoms with van der Waals surface area (Å²) in [5.41, 5.74) is 1.03. The number of hydrogen-bond acceptors (Lipinski definition) is 3. The molecule has 0 saturated carbocycles. The van der Waals surface area contributed by atoms with Crippen LogP contribution in [0, 0.1) is 5.82 Å². The van der Waals surface area contributed by atoms with E-state index in [0.717, 1.165) is 12.0 Å². The molecule has 6 nitrogen and oxygen atoms in total. The molecule has 2 amide bonds. The number of hydrogen-bond donors (Lipinski definition) is 1. The minimum absolute atomic E-state index is 0.0305. The summed E-state index contributed by atoms with van der Waals surface area (Å²) >= 11 is 0. The maximum atomic E-state index is 13.4. The van der Waals surface area contributed by atoms with Crippen LogP contribution in [0.5, 0.6) is 0 Å². The summed E-state index contributed by atoms with van der Waals surface area (Å²) < 4.78 is 15.1. The highest BCUT2D eigenvalue weighted by Gasteiger charge is 2.47. The van der Waals surface area contributed by atoms with Crippen LogP contribution in [0.15, 0.2) is 36.7 Å². The first kappa shape index (κ1) is 16.8. The largest absolute Gasteiger partial charge is 0.350 e. The van der Waals surface area contributed by atoms with Crippen molar-refractivity contribution in [3.63, 3.8) is 0 Å². The third-order valence-electron chi connectivity index (χ3n) is 5.51. The zero-order chi connectivity index (χ0) is 18.3. The summed E-state index contributed by atoms with van der Waals surface area (Å²) in [5, 5.41) is 7.32. The topological polar surface area (TPSA) is 67.2 Å². The van der Waals surface area contributed by atoms with Gasteiger partial charge in [-0.15, -0.1) is 0 Å². The molecule has 2 aromatic rings. The first-order chi connectivity index (χ1) is 12.5. The van der Waals surface area contributed by atoms with Crippen molar-refractivity contribution in [3.05, 3.63) is 53.6 Å². The van der Waals surface area contributed by atoms with Gasteiger partial charge < -0.3 is 10.2 Å². The Labute approximate surface area is 151 Å². The maximum Gasteiger partial charge on any atom is 0.253 e. The van der Waals surface area contributed by atoms with Gasteiger partial charge in [-0.05, 0) is 37.5 Å². The van der Waals surface area contributed by atoms with E-state index in [0.29, 0.717) is 31.5 Å². The molecule has 3 heterocycles. The van der Waals surface area contributed by atoms with Crippen LogP contribution in [0.3, 0.4) is 0 Å². The molecule has 2 aliphatic rings. The molecule has 0 bridgehead atoms. The molecule has 1 aromatic carbocycles. The van der Waals surface area contributed by atoms with Crippen LogP contribution >= 0.6 is 0 Å². The van der Waals surface area contributed by atoms with Crippen LogP contribution in [0.4, 0.5) is 4.39 Å². The Balaban J connectivity index is 1.43. The van der Waals surface area contributed by atoms with Crippen molar-refractivity contribution in [2.45, 2.75) is 30.7 Å². The van der Waals surface area contributed by atoms with E-state index >= 15 is 0 Å². The van der Waals surface area contributed by atoms with Crippen molar-refractivity contribution >= 4 is 11.8 Å². The van der Waals surface area contributed by atoms with Crippen molar-refractivity contribution in [2.24, 2.45) is 7.05 Å². The molecule has 26 heavy (non-hydrogen) atoms. The summed E-state index contributed by atoms with van der Waals surface area (Å²) in [6, 6.07) is 5.77. The van der Waals surface area contributed by atoms with Crippen LogP contribution in [0.1, 0.15) is 41.1 Å². The summed E-state index contributed by atoms with van der Waals surface area (Å²) in [4.78, 5) is 26.8. The number of halogens is 1. The number of carbonyl (C=O) groups excluding carboxylic acids is 2. The number of carbonyl (C=O) groups is 2. The maximum absolute atomic E-state index is 13.4. The molecular weight excluding hydrogens is 335 g/mol. The monoisotopic (exact) mass is 356 g/mol. The van der Waals surface area contributed by atoms with Gasteiger partial charge in [0.25, 0.3) is 5.91 Å². The van der Waals surface area contributed by atoms with Crippen LogP contribution in [0.2, 0.25) is 0 Å². The molecule has 2 saturated heterocycles. The zero-order valence-electron chi connectivity index (χ0n) is 14.6. The molecule has 2 aliphatic heterocycles. The molecule has 1 spiro atoms. The third-order valence-corrected chi connectivity index (χ3v) is 5.51. The van der Waals surface area contributed by atoms with Crippen LogP contribution in [0.25, 0.3) is 0 Å². The van der Waals surface area contributed by atoms with Gasteiger partial charge in [-0.1, -0.05) is 6.07 Å². The van der Waals surface area contributed by atoms with Crippen molar-refractivity contribution in [1.29, 1.82) is 0 Å². The van der Waals surface area contributed by atoms with Crippen LogP contribution in [-0.4, -0.2) is 45.1 Å². The molecule has 136 valence electrons. The Bertz CT molecular complexity index is 855. The number of nitrogens with zero attached hydrogens (tertiary/aromatic N) is 3. The number of likely N-dealkylation sites (tertiary alicyclic amines) is 1. The van der Waals surface area contributed by atoms with Crippen molar-refractivity contribution < 1.29 is 14.0 Å². The number of aromatic nitrogens is 2. The van der Waals surface area contributed by atoms with Crippen LogP contribution in [-0.2, 0) is 11.8 Å². The van der Waals surface area contributed by atoms with E-state index in [4.69, 9.17) is 0 Å². The van der Waals surface area contributed by atoms with E-state index in [9.17, 15) is 14.0 Å². The summed E-state index contributed by atoms with van der Waals surface area (Å²) in [6.45, 7) is 1.10. The fraction of sp³-hybridized carbons (Fsp3) is 0.421. The molecule has 4 rings (SSSR count). The van der Waals surface area contributed by atoms with Crippen LogP contribution < -0.4 is 5.32 Å². The Morgan fingerprint density at radius 2 is 2.12 bits per heavy atom. The highest BCUT2D eigenvalue weighted by Crippen LogP contribution is 2.39. The number of aryl methyl sites for hydroxylation is 1. The predicted molar refractivity (Wildman–Crippen MR) is 93.0 cm³/mol. The van der Waals surface area contributed by atoms with Gasteiger partial charge in [-0.25, -0.2) is 4.39 Å². The number of nitrogens with one attached hydrogen (secondary N) is 1. The Hall–Kier alpha value is -2.70. The van der Waals surface area contributed by atoms with E-state index in [2.05, 4.69) is 10.4 Å². The fourth-order valence-electron chi connectivity index (χ4n) is 4.04. The standard InChI is InChI=1S/C19H21FN4O2/c1-23-12-14(11-21-23)16-10-19(22-17(16)25)5-7-24(8-6-19)18(26)13-3-2-4-15(20)9-13/h2-4,9,11-12,16H,5-8,10H2,1H3,(H,22,25)/t16-/m0/s1. The summed E-state index contributed by atoms with van der Waals surface area (Å²) in [5.74, 6) is -0.726. The first-order valence-electron chi connectivity index (χ1n) is 8.81. The van der Waals surface area contributed by atoms with Gasteiger partial charge in [-0.3, -0.25) is 14.3 Å². The van der Waals surface area contributed by atoms with E-state index in [1.165, 1.54) is 12.1 Å². The van der Waals surface area contributed by atoms with E-state index in [1.807, 2.05) is 13.2 Å². The average Bonchev–Trinajstić information content (AvgIpc) is 3.18. The molecule has 0 aliphatic carbocycles. The molecule has 0 radical (unpaired) electrons. The summed E-state index contributed by atoms with van der Waals surface area (Å²) in [6.07, 6.45) is 5.75. The second-order valence-corrected chi connectivity index (χ2v) is 7.28. The highest BCUT2D eigenvalue weighted by molar-refractivity contribution is 5.94. The van der Waals surface area contributed by atoms with Gasteiger partial charge in [0.1, 0.15) is 5.82 Å². The SMILES string of the molecule is Cn1cc([C@@H]2CC3(CCN(C(=O)c4cccc(F)c4)CC3)NC2=O)cn1.